The van der Waals surface area contributed by atoms with Gasteiger partial charge in [-0.15, -0.1) is 0 Å². The second-order valence-electron chi connectivity index (χ2n) is 7.39. The topological polar surface area (TPSA) is 46.9 Å². The highest BCUT2D eigenvalue weighted by Gasteiger charge is 2.21. The molecule has 0 aliphatic rings. The predicted octanol–water partition coefficient (Wildman–Crippen LogP) is 5.54. The van der Waals surface area contributed by atoms with Crippen molar-refractivity contribution in [3.8, 4) is 0 Å². The van der Waals surface area contributed by atoms with E-state index in [4.69, 9.17) is 4.98 Å². The molecule has 4 rings (SSSR count). The molecular formula is C26H25N3O. The van der Waals surface area contributed by atoms with Crippen molar-refractivity contribution in [3.05, 3.63) is 108 Å². The van der Waals surface area contributed by atoms with Crippen molar-refractivity contribution in [2.75, 3.05) is 0 Å². The SMILES string of the molecule is CC(NC(=O)/C=C\c1ccccc1)c1nc2ccccc2n1C(C)c1ccccc1. The van der Waals surface area contributed by atoms with Gasteiger partial charge in [0, 0.05) is 6.08 Å². The van der Waals surface area contributed by atoms with Gasteiger partial charge in [0.15, 0.2) is 0 Å². The molecular weight excluding hydrogens is 370 g/mol. The van der Waals surface area contributed by atoms with Crippen LogP contribution in [0.25, 0.3) is 17.1 Å². The molecule has 2 unspecified atom stereocenters. The average molecular weight is 396 g/mol. The first-order chi connectivity index (χ1) is 14.6. The summed E-state index contributed by atoms with van der Waals surface area (Å²) in [5.74, 6) is 0.700. The number of aromatic nitrogens is 2. The third kappa shape index (κ3) is 4.18. The first-order valence-electron chi connectivity index (χ1n) is 10.2. The van der Waals surface area contributed by atoms with Gasteiger partial charge < -0.3 is 9.88 Å². The smallest absolute Gasteiger partial charge is 0.244 e. The molecule has 4 aromatic rings. The standard InChI is InChI=1S/C26H25N3O/c1-19(27-25(30)18-17-21-11-5-3-6-12-21)26-28-23-15-9-10-16-24(23)29(26)20(2)22-13-7-4-8-14-22/h3-20H,1-2H3,(H,27,30)/b18-17-. The molecule has 0 saturated carbocycles. The van der Waals surface area contributed by atoms with Gasteiger partial charge in [0.2, 0.25) is 5.91 Å². The molecule has 0 aliphatic heterocycles. The number of nitrogens with one attached hydrogen (secondary N) is 1. The van der Waals surface area contributed by atoms with Crippen LogP contribution in [0.3, 0.4) is 0 Å². The van der Waals surface area contributed by atoms with Crippen molar-refractivity contribution in [1.82, 2.24) is 14.9 Å². The molecule has 2 atom stereocenters. The van der Waals surface area contributed by atoms with Gasteiger partial charge in [-0.2, -0.15) is 0 Å². The van der Waals surface area contributed by atoms with E-state index in [2.05, 4.69) is 35.0 Å². The minimum absolute atomic E-state index is 0.0906. The lowest BCUT2D eigenvalue weighted by Gasteiger charge is -2.21. The number of hydrogen-bond acceptors (Lipinski definition) is 2. The Morgan fingerprint density at radius 3 is 2.27 bits per heavy atom. The number of fused-ring (bicyclic) bond motifs is 1. The fourth-order valence-electron chi connectivity index (χ4n) is 3.72. The number of carbonyl (C=O) groups excluding carboxylic acids is 1. The van der Waals surface area contributed by atoms with Crippen LogP contribution >= 0.6 is 0 Å². The van der Waals surface area contributed by atoms with Crippen molar-refractivity contribution in [2.45, 2.75) is 25.9 Å². The summed E-state index contributed by atoms with van der Waals surface area (Å²) in [7, 11) is 0. The van der Waals surface area contributed by atoms with Crippen molar-refractivity contribution in [3.63, 3.8) is 0 Å². The summed E-state index contributed by atoms with van der Waals surface area (Å²) in [5, 5.41) is 3.07. The number of nitrogens with zero attached hydrogens (tertiary/aromatic N) is 2. The van der Waals surface area contributed by atoms with Crippen LogP contribution < -0.4 is 5.32 Å². The van der Waals surface area contributed by atoms with E-state index in [1.165, 1.54) is 5.56 Å². The molecule has 0 fully saturated rings. The molecule has 1 heterocycles. The molecule has 4 nitrogen and oxygen atoms in total. The highest BCUT2D eigenvalue weighted by Crippen LogP contribution is 2.28. The largest absolute Gasteiger partial charge is 0.343 e. The van der Waals surface area contributed by atoms with Crippen LogP contribution in [0.5, 0.6) is 0 Å². The third-order valence-corrected chi connectivity index (χ3v) is 5.27. The number of amides is 1. The summed E-state index contributed by atoms with van der Waals surface area (Å²) in [4.78, 5) is 17.4. The first-order valence-corrected chi connectivity index (χ1v) is 10.2. The van der Waals surface area contributed by atoms with E-state index in [0.29, 0.717) is 0 Å². The number of para-hydroxylation sites is 2. The van der Waals surface area contributed by atoms with Crippen LogP contribution in [0.4, 0.5) is 0 Å². The monoisotopic (exact) mass is 395 g/mol. The molecule has 150 valence electrons. The Balaban J connectivity index is 1.63. The van der Waals surface area contributed by atoms with Gasteiger partial charge in [-0.25, -0.2) is 4.98 Å². The molecule has 0 aliphatic carbocycles. The Morgan fingerprint density at radius 1 is 0.900 bits per heavy atom. The molecule has 4 heteroatoms. The number of carbonyl (C=O) groups is 1. The molecule has 0 spiro atoms. The van der Waals surface area contributed by atoms with Crippen LogP contribution in [0.15, 0.2) is 91.0 Å². The van der Waals surface area contributed by atoms with Gasteiger partial charge in [-0.1, -0.05) is 72.8 Å². The zero-order chi connectivity index (χ0) is 20.9. The van der Waals surface area contributed by atoms with Crippen LogP contribution in [0.2, 0.25) is 0 Å². The molecule has 30 heavy (non-hydrogen) atoms. The average Bonchev–Trinajstić information content (AvgIpc) is 3.18. The first kappa shape index (κ1) is 19.6. The fourth-order valence-corrected chi connectivity index (χ4v) is 3.72. The van der Waals surface area contributed by atoms with Crippen LogP contribution in [0.1, 0.15) is 42.9 Å². The summed E-state index contributed by atoms with van der Waals surface area (Å²) in [6.45, 7) is 4.14. The third-order valence-electron chi connectivity index (χ3n) is 5.27. The minimum atomic E-state index is -0.239. The van der Waals surface area contributed by atoms with E-state index in [9.17, 15) is 4.79 Å². The Hall–Kier alpha value is -3.66. The maximum Gasteiger partial charge on any atom is 0.244 e. The Morgan fingerprint density at radius 2 is 1.53 bits per heavy atom. The van der Waals surface area contributed by atoms with E-state index < -0.39 is 0 Å². The molecule has 1 aromatic heterocycles. The van der Waals surface area contributed by atoms with Crippen LogP contribution in [-0.2, 0) is 4.79 Å². The zero-order valence-electron chi connectivity index (χ0n) is 17.2. The predicted molar refractivity (Wildman–Crippen MR) is 122 cm³/mol. The van der Waals surface area contributed by atoms with Crippen molar-refractivity contribution in [1.29, 1.82) is 0 Å². The molecule has 1 N–H and O–H groups in total. The van der Waals surface area contributed by atoms with Crippen molar-refractivity contribution in [2.24, 2.45) is 0 Å². The quantitative estimate of drug-likeness (QED) is 0.436. The normalized spacial score (nSPS) is 13.4. The van der Waals surface area contributed by atoms with E-state index in [-0.39, 0.29) is 18.0 Å². The lowest BCUT2D eigenvalue weighted by Crippen LogP contribution is -2.28. The number of hydrogen-bond donors (Lipinski definition) is 1. The lowest BCUT2D eigenvalue weighted by atomic mass is 10.1. The van der Waals surface area contributed by atoms with E-state index in [1.807, 2.05) is 79.7 Å². The summed E-state index contributed by atoms with van der Waals surface area (Å²) < 4.78 is 2.22. The van der Waals surface area contributed by atoms with Gasteiger partial charge in [-0.3, -0.25) is 4.79 Å². The van der Waals surface area contributed by atoms with E-state index in [1.54, 1.807) is 6.08 Å². The van der Waals surface area contributed by atoms with E-state index in [0.717, 1.165) is 22.4 Å². The second kappa shape index (κ2) is 8.78. The maximum absolute atomic E-state index is 12.5. The Bertz CT molecular complexity index is 1160. The maximum atomic E-state index is 12.5. The molecule has 0 bridgehead atoms. The number of benzene rings is 3. The van der Waals surface area contributed by atoms with E-state index >= 15 is 0 Å². The Kier molecular flexibility index (Phi) is 5.75. The summed E-state index contributed by atoms with van der Waals surface area (Å²) in [6, 6.07) is 28.1. The molecule has 0 radical (unpaired) electrons. The number of rotatable bonds is 6. The van der Waals surface area contributed by atoms with Crippen LogP contribution in [0, 0.1) is 0 Å². The van der Waals surface area contributed by atoms with Crippen molar-refractivity contribution >= 4 is 23.0 Å². The van der Waals surface area contributed by atoms with Crippen LogP contribution in [-0.4, -0.2) is 15.5 Å². The van der Waals surface area contributed by atoms with Crippen molar-refractivity contribution < 1.29 is 4.79 Å². The lowest BCUT2D eigenvalue weighted by molar-refractivity contribution is -0.117. The Labute approximate surface area is 176 Å². The van der Waals surface area contributed by atoms with Gasteiger partial charge >= 0.3 is 0 Å². The van der Waals surface area contributed by atoms with Gasteiger partial charge in [-0.05, 0) is 43.2 Å². The second-order valence-corrected chi connectivity index (χ2v) is 7.39. The summed E-state index contributed by atoms with van der Waals surface area (Å²) in [6.07, 6.45) is 3.39. The van der Waals surface area contributed by atoms with Gasteiger partial charge in [0.1, 0.15) is 5.82 Å². The number of imidazole rings is 1. The molecule has 0 saturated heterocycles. The molecule has 1 amide bonds. The fraction of sp³-hybridized carbons (Fsp3) is 0.154. The summed E-state index contributed by atoms with van der Waals surface area (Å²) >= 11 is 0. The van der Waals surface area contributed by atoms with Gasteiger partial charge in [0.25, 0.3) is 0 Å². The highest BCUT2D eigenvalue weighted by atomic mass is 16.1. The van der Waals surface area contributed by atoms with Gasteiger partial charge in [0.05, 0.1) is 23.1 Å². The zero-order valence-corrected chi connectivity index (χ0v) is 17.2. The minimum Gasteiger partial charge on any atom is -0.343 e. The summed E-state index contributed by atoms with van der Waals surface area (Å²) in [5.41, 5.74) is 4.18. The molecule has 3 aromatic carbocycles. The highest BCUT2D eigenvalue weighted by molar-refractivity contribution is 5.92.